The molecule has 18 heavy (non-hydrogen) atoms. The highest BCUT2D eigenvalue weighted by Gasteiger charge is 2.17. The number of thiophene rings is 1. The number of benzene rings is 1. The summed E-state index contributed by atoms with van der Waals surface area (Å²) in [4.78, 5) is 12.9. The molecule has 0 spiro atoms. The van der Waals surface area contributed by atoms with E-state index in [1.54, 1.807) is 36.8 Å². The van der Waals surface area contributed by atoms with Crippen LogP contribution in [0.5, 0.6) is 11.5 Å². The number of carbonyl (C=O) groups excluding carboxylic acids is 1. The van der Waals surface area contributed by atoms with Crippen molar-refractivity contribution in [2.75, 3.05) is 14.2 Å². The van der Waals surface area contributed by atoms with Gasteiger partial charge < -0.3 is 9.47 Å². The Morgan fingerprint density at radius 1 is 1.22 bits per heavy atom. The normalized spacial score (nSPS) is 10.2. The first-order valence-electron chi connectivity index (χ1n) is 5.16. The summed E-state index contributed by atoms with van der Waals surface area (Å²) in [5, 5.41) is 2.28. The molecule has 2 aromatic rings. The van der Waals surface area contributed by atoms with Crippen molar-refractivity contribution in [2.45, 2.75) is 0 Å². The van der Waals surface area contributed by atoms with Crippen LogP contribution in [0.4, 0.5) is 0 Å². The SMILES string of the molecule is COc1csc(C(=O)c2cc(Cl)ccc2OC)c1. The lowest BCUT2D eigenvalue weighted by atomic mass is 10.1. The van der Waals surface area contributed by atoms with Crippen LogP contribution in [0, 0.1) is 0 Å². The minimum Gasteiger partial charge on any atom is -0.496 e. The van der Waals surface area contributed by atoms with Gasteiger partial charge in [0.15, 0.2) is 0 Å². The highest BCUT2D eigenvalue weighted by molar-refractivity contribution is 7.12. The summed E-state index contributed by atoms with van der Waals surface area (Å²) < 4.78 is 10.2. The van der Waals surface area contributed by atoms with Gasteiger partial charge in [0.25, 0.3) is 0 Å². The second kappa shape index (κ2) is 5.42. The number of hydrogen-bond donors (Lipinski definition) is 0. The number of methoxy groups -OCH3 is 2. The maximum atomic E-state index is 12.3. The van der Waals surface area contributed by atoms with E-state index in [9.17, 15) is 4.79 Å². The quantitative estimate of drug-likeness (QED) is 0.803. The van der Waals surface area contributed by atoms with Crippen molar-refractivity contribution in [1.29, 1.82) is 0 Å². The van der Waals surface area contributed by atoms with E-state index in [1.165, 1.54) is 18.4 Å². The Morgan fingerprint density at radius 3 is 2.61 bits per heavy atom. The van der Waals surface area contributed by atoms with Crippen LogP contribution in [0.25, 0.3) is 0 Å². The predicted octanol–water partition coefficient (Wildman–Crippen LogP) is 3.65. The molecule has 0 saturated heterocycles. The van der Waals surface area contributed by atoms with Crippen molar-refractivity contribution in [3.8, 4) is 11.5 Å². The van der Waals surface area contributed by atoms with Crippen LogP contribution in [-0.2, 0) is 0 Å². The van der Waals surface area contributed by atoms with E-state index in [-0.39, 0.29) is 5.78 Å². The van der Waals surface area contributed by atoms with E-state index in [0.29, 0.717) is 27.0 Å². The average molecular weight is 283 g/mol. The number of halogens is 1. The van der Waals surface area contributed by atoms with Crippen LogP contribution in [0.2, 0.25) is 5.02 Å². The van der Waals surface area contributed by atoms with Crippen molar-refractivity contribution in [1.82, 2.24) is 0 Å². The molecule has 1 aromatic heterocycles. The lowest BCUT2D eigenvalue weighted by Gasteiger charge is -2.06. The molecule has 0 bridgehead atoms. The summed E-state index contributed by atoms with van der Waals surface area (Å²) in [7, 11) is 3.09. The lowest BCUT2D eigenvalue weighted by molar-refractivity contribution is 0.103. The first kappa shape index (κ1) is 12.9. The Balaban J connectivity index is 2.41. The van der Waals surface area contributed by atoms with Gasteiger partial charge in [-0.3, -0.25) is 4.79 Å². The number of carbonyl (C=O) groups is 1. The standard InChI is InChI=1S/C13H11ClO3S/c1-16-9-6-12(18-7-9)13(15)10-5-8(14)3-4-11(10)17-2/h3-7H,1-2H3. The molecular formula is C13H11ClO3S. The Morgan fingerprint density at radius 2 is 2.00 bits per heavy atom. The van der Waals surface area contributed by atoms with Crippen molar-refractivity contribution >= 4 is 28.7 Å². The molecule has 5 heteroatoms. The third-order valence-electron chi connectivity index (χ3n) is 2.44. The number of ether oxygens (including phenoxy) is 2. The fraction of sp³-hybridized carbons (Fsp3) is 0.154. The molecule has 94 valence electrons. The Hall–Kier alpha value is -1.52. The minimum absolute atomic E-state index is 0.123. The predicted molar refractivity (Wildman–Crippen MR) is 72.3 cm³/mol. The Kier molecular flexibility index (Phi) is 3.89. The van der Waals surface area contributed by atoms with Gasteiger partial charge in [-0.1, -0.05) is 11.6 Å². The average Bonchev–Trinajstić information content (AvgIpc) is 2.86. The smallest absolute Gasteiger partial charge is 0.206 e. The van der Waals surface area contributed by atoms with Gasteiger partial charge >= 0.3 is 0 Å². The molecule has 0 aliphatic carbocycles. The minimum atomic E-state index is -0.123. The fourth-order valence-corrected chi connectivity index (χ4v) is 2.52. The fourth-order valence-electron chi connectivity index (χ4n) is 1.54. The molecule has 0 fully saturated rings. The van der Waals surface area contributed by atoms with Crippen molar-refractivity contribution < 1.29 is 14.3 Å². The molecule has 0 atom stereocenters. The van der Waals surface area contributed by atoms with Gasteiger partial charge in [0, 0.05) is 16.5 Å². The molecule has 0 unspecified atom stereocenters. The van der Waals surface area contributed by atoms with E-state index in [2.05, 4.69) is 0 Å². The van der Waals surface area contributed by atoms with Crippen LogP contribution in [-0.4, -0.2) is 20.0 Å². The topological polar surface area (TPSA) is 35.5 Å². The molecule has 0 saturated carbocycles. The zero-order chi connectivity index (χ0) is 13.1. The van der Waals surface area contributed by atoms with Crippen molar-refractivity contribution in [3.63, 3.8) is 0 Å². The molecule has 0 aliphatic rings. The summed E-state index contributed by atoms with van der Waals surface area (Å²) >= 11 is 7.24. The second-order valence-corrected chi connectivity index (χ2v) is 4.87. The number of rotatable bonds is 4. The van der Waals surface area contributed by atoms with Gasteiger partial charge in [-0.15, -0.1) is 11.3 Å². The number of hydrogen-bond acceptors (Lipinski definition) is 4. The van der Waals surface area contributed by atoms with Crippen LogP contribution in [0.1, 0.15) is 15.2 Å². The molecule has 0 aliphatic heterocycles. The zero-order valence-corrected chi connectivity index (χ0v) is 11.5. The maximum Gasteiger partial charge on any atom is 0.206 e. The molecule has 3 nitrogen and oxygen atoms in total. The van der Waals surface area contributed by atoms with Crippen LogP contribution in [0.15, 0.2) is 29.6 Å². The van der Waals surface area contributed by atoms with Crippen molar-refractivity contribution in [3.05, 3.63) is 45.1 Å². The van der Waals surface area contributed by atoms with E-state index < -0.39 is 0 Å². The molecule has 0 radical (unpaired) electrons. The molecular weight excluding hydrogens is 272 g/mol. The van der Waals surface area contributed by atoms with Crippen molar-refractivity contribution in [2.24, 2.45) is 0 Å². The highest BCUT2D eigenvalue weighted by Crippen LogP contribution is 2.29. The third kappa shape index (κ3) is 2.49. The Bertz CT molecular complexity index is 577. The second-order valence-electron chi connectivity index (χ2n) is 3.52. The summed E-state index contributed by atoms with van der Waals surface area (Å²) in [5.41, 5.74) is 0.453. The van der Waals surface area contributed by atoms with Gasteiger partial charge in [0.2, 0.25) is 5.78 Å². The number of ketones is 1. The largest absolute Gasteiger partial charge is 0.496 e. The molecule has 2 rings (SSSR count). The van der Waals surface area contributed by atoms with Gasteiger partial charge in [0.1, 0.15) is 11.5 Å². The first-order valence-corrected chi connectivity index (χ1v) is 6.42. The summed E-state index contributed by atoms with van der Waals surface area (Å²) in [6, 6.07) is 6.68. The van der Waals surface area contributed by atoms with E-state index in [0.717, 1.165) is 0 Å². The van der Waals surface area contributed by atoms with Crippen LogP contribution >= 0.6 is 22.9 Å². The third-order valence-corrected chi connectivity index (χ3v) is 3.58. The van der Waals surface area contributed by atoms with E-state index >= 15 is 0 Å². The Labute approximate surface area is 114 Å². The van der Waals surface area contributed by atoms with Crippen LogP contribution < -0.4 is 9.47 Å². The van der Waals surface area contributed by atoms with Gasteiger partial charge in [-0.05, 0) is 18.2 Å². The first-order chi connectivity index (χ1) is 8.65. The highest BCUT2D eigenvalue weighted by atomic mass is 35.5. The monoisotopic (exact) mass is 282 g/mol. The van der Waals surface area contributed by atoms with Gasteiger partial charge in [-0.2, -0.15) is 0 Å². The maximum absolute atomic E-state index is 12.3. The lowest BCUT2D eigenvalue weighted by Crippen LogP contribution is -2.02. The molecule has 1 heterocycles. The molecule has 0 N–H and O–H groups in total. The van der Waals surface area contributed by atoms with E-state index in [1.807, 2.05) is 0 Å². The zero-order valence-electron chi connectivity index (χ0n) is 9.90. The molecule has 1 aromatic carbocycles. The summed E-state index contributed by atoms with van der Waals surface area (Å²) in [6.45, 7) is 0. The van der Waals surface area contributed by atoms with Gasteiger partial charge in [-0.25, -0.2) is 0 Å². The van der Waals surface area contributed by atoms with E-state index in [4.69, 9.17) is 21.1 Å². The van der Waals surface area contributed by atoms with Gasteiger partial charge in [0.05, 0.1) is 24.7 Å². The summed E-state index contributed by atoms with van der Waals surface area (Å²) in [5.74, 6) is 1.06. The molecule has 0 amide bonds. The summed E-state index contributed by atoms with van der Waals surface area (Å²) in [6.07, 6.45) is 0. The van der Waals surface area contributed by atoms with Crippen LogP contribution in [0.3, 0.4) is 0 Å².